The van der Waals surface area contributed by atoms with Gasteiger partial charge in [0.05, 0.1) is 24.3 Å². The van der Waals surface area contributed by atoms with Gasteiger partial charge in [-0.05, 0) is 37.3 Å². The molecule has 0 saturated heterocycles. The SMILES string of the molecule is O=C(O)c1ccc(COCOCCCCO)c(C(=O)O)c1COCOCCCCO. The maximum atomic E-state index is 11.8. The minimum atomic E-state index is -1.29. The molecule has 10 nitrogen and oxygen atoms in total. The number of carboxylic acid groups (broad SMARTS) is 2. The smallest absolute Gasteiger partial charge is 0.336 e. The lowest BCUT2D eigenvalue weighted by Gasteiger charge is -2.15. The highest BCUT2D eigenvalue weighted by molar-refractivity contribution is 5.97. The van der Waals surface area contributed by atoms with Crippen molar-refractivity contribution in [2.45, 2.75) is 38.9 Å². The zero-order valence-corrected chi connectivity index (χ0v) is 16.9. The quantitative estimate of drug-likeness (QED) is 0.200. The number of hydrogen-bond donors (Lipinski definition) is 4. The largest absolute Gasteiger partial charge is 0.478 e. The minimum Gasteiger partial charge on any atom is -0.478 e. The molecule has 1 rings (SSSR count). The van der Waals surface area contributed by atoms with Crippen LogP contribution in [-0.2, 0) is 32.2 Å². The van der Waals surface area contributed by atoms with E-state index in [-0.39, 0.29) is 56.7 Å². The average molecular weight is 430 g/mol. The van der Waals surface area contributed by atoms with Gasteiger partial charge in [0, 0.05) is 32.0 Å². The number of ether oxygens (including phenoxy) is 4. The van der Waals surface area contributed by atoms with Crippen LogP contribution in [0.25, 0.3) is 0 Å². The van der Waals surface area contributed by atoms with Gasteiger partial charge in [-0.15, -0.1) is 0 Å². The highest BCUT2D eigenvalue weighted by atomic mass is 16.7. The van der Waals surface area contributed by atoms with Gasteiger partial charge in [-0.25, -0.2) is 9.59 Å². The molecule has 0 aliphatic carbocycles. The van der Waals surface area contributed by atoms with E-state index in [1.165, 1.54) is 12.1 Å². The third-order valence-corrected chi connectivity index (χ3v) is 4.07. The molecule has 0 saturated carbocycles. The van der Waals surface area contributed by atoms with Crippen molar-refractivity contribution >= 4 is 11.9 Å². The molecule has 0 unspecified atom stereocenters. The maximum absolute atomic E-state index is 11.8. The van der Waals surface area contributed by atoms with Crippen LogP contribution in [0.2, 0.25) is 0 Å². The lowest BCUT2D eigenvalue weighted by Crippen LogP contribution is -2.16. The first-order chi connectivity index (χ1) is 14.5. The Morgan fingerprint density at radius 1 is 0.733 bits per heavy atom. The molecule has 0 spiro atoms. The van der Waals surface area contributed by atoms with Crippen LogP contribution in [-0.4, -0.2) is 72.4 Å². The summed E-state index contributed by atoms with van der Waals surface area (Å²) in [6.45, 7) is 0.398. The fraction of sp³-hybridized carbons (Fsp3) is 0.600. The van der Waals surface area contributed by atoms with Gasteiger partial charge in [-0.2, -0.15) is 0 Å². The fourth-order valence-corrected chi connectivity index (χ4v) is 2.60. The Morgan fingerprint density at radius 3 is 1.80 bits per heavy atom. The Bertz CT molecular complexity index is 647. The van der Waals surface area contributed by atoms with Crippen LogP contribution in [0.3, 0.4) is 0 Å². The van der Waals surface area contributed by atoms with Crippen LogP contribution < -0.4 is 0 Å². The molecule has 0 aromatic heterocycles. The summed E-state index contributed by atoms with van der Waals surface area (Å²) >= 11 is 0. The number of carboxylic acids is 2. The molecule has 0 bridgehead atoms. The van der Waals surface area contributed by atoms with E-state index in [4.69, 9.17) is 29.2 Å². The molecule has 1 aromatic carbocycles. The molecule has 30 heavy (non-hydrogen) atoms. The molecule has 0 fully saturated rings. The topological polar surface area (TPSA) is 152 Å². The highest BCUT2D eigenvalue weighted by Crippen LogP contribution is 2.22. The van der Waals surface area contributed by atoms with Crippen molar-refractivity contribution in [2.24, 2.45) is 0 Å². The molecule has 0 atom stereocenters. The molecule has 0 amide bonds. The van der Waals surface area contributed by atoms with Gasteiger partial charge < -0.3 is 39.4 Å². The number of aliphatic hydroxyl groups excluding tert-OH is 2. The number of aliphatic hydroxyl groups is 2. The number of hydrogen-bond acceptors (Lipinski definition) is 8. The average Bonchev–Trinajstić information content (AvgIpc) is 2.71. The van der Waals surface area contributed by atoms with Crippen molar-refractivity contribution in [2.75, 3.05) is 40.0 Å². The zero-order chi connectivity index (χ0) is 22.2. The monoisotopic (exact) mass is 430 g/mol. The Morgan fingerprint density at radius 2 is 1.30 bits per heavy atom. The van der Waals surface area contributed by atoms with E-state index >= 15 is 0 Å². The molecule has 4 N–H and O–H groups in total. The summed E-state index contributed by atoms with van der Waals surface area (Å²) in [5.74, 6) is -2.55. The first kappa shape index (κ1) is 26.0. The standard InChI is InChI=1S/C20H30O10/c21-7-1-3-9-27-13-29-11-15-5-6-16(19(23)24)17(18(15)20(25)26)12-30-14-28-10-4-2-8-22/h5-6,21-22H,1-4,7-14H2,(H,23,24)(H,25,26). The van der Waals surface area contributed by atoms with Crippen molar-refractivity contribution in [3.63, 3.8) is 0 Å². The summed E-state index contributed by atoms with van der Waals surface area (Å²) in [5, 5.41) is 36.5. The van der Waals surface area contributed by atoms with E-state index in [0.717, 1.165) is 0 Å². The van der Waals surface area contributed by atoms with Crippen molar-refractivity contribution in [1.29, 1.82) is 0 Å². The summed E-state index contributed by atoms with van der Waals surface area (Å²) in [4.78, 5) is 23.3. The van der Waals surface area contributed by atoms with Crippen LogP contribution in [0, 0.1) is 0 Å². The molecule has 0 radical (unpaired) electrons. The second kappa shape index (κ2) is 15.7. The number of unbranched alkanes of at least 4 members (excludes halogenated alkanes) is 2. The van der Waals surface area contributed by atoms with Crippen LogP contribution in [0.15, 0.2) is 12.1 Å². The molecule has 0 heterocycles. The Balaban J connectivity index is 2.74. The number of benzene rings is 1. The van der Waals surface area contributed by atoms with Gasteiger partial charge in [-0.1, -0.05) is 6.07 Å². The second-order valence-electron chi connectivity index (χ2n) is 6.35. The van der Waals surface area contributed by atoms with E-state index in [1.54, 1.807) is 0 Å². The third kappa shape index (κ3) is 9.61. The first-order valence-corrected chi connectivity index (χ1v) is 9.67. The van der Waals surface area contributed by atoms with Gasteiger partial charge in [0.25, 0.3) is 0 Å². The zero-order valence-electron chi connectivity index (χ0n) is 16.9. The molecule has 1 aromatic rings. The lowest BCUT2D eigenvalue weighted by molar-refractivity contribution is -0.0645. The van der Waals surface area contributed by atoms with Gasteiger partial charge in [-0.3, -0.25) is 0 Å². The second-order valence-corrected chi connectivity index (χ2v) is 6.35. The van der Waals surface area contributed by atoms with Crippen molar-refractivity contribution < 1.29 is 49.0 Å². The molecule has 0 aliphatic heterocycles. The molecular weight excluding hydrogens is 400 g/mol. The first-order valence-electron chi connectivity index (χ1n) is 9.67. The summed E-state index contributed by atoms with van der Waals surface area (Å²) in [5.41, 5.74) is -0.0278. The highest BCUT2D eigenvalue weighted by Gasteiger charge is 2.22. The van der Waals surface area contributed by atoms with Crippen LogP contribution in [0.1, 0.15) is 57.5 Å². The number of rotatable bonds is 18. The van der Waals surface area contributed by atoms with Crippen LogP contribution in [0.5, 0.6) is 0 Å². The van der Waals surface area contributed by atoms with Gasteiger partial charge in [0.1, 0.15) is 13.6 Å². The Hall–Kier alpha value is -2.08. The van der Waals surface area contributed by atoms with Crippen LogP contribution in [0.4, 0.5) is 0 Å². The lowest BCUT2D eigenvalue weighted by atomic mass is 9.96. The molecular formula is C20H30O10. The molecule has 170 valence electrons. The Kier molecular flexibility index (Phi) is 13.6. The molecule has 0 aliphatic rings. The normalized spacial score (nSPS) is 11.0. The van der Waals surface area contributed by atoms with Crippen molar-refractivity contribution in [3.05, 3.63) is 34.4 Å². The number of carbonyl (C=O) groups is 2. The summed E-state index contributed by atoms with van der Waals surface area (Å²) in [7, 11) is 0. The predicted octanol–water partition coefficient (Wildman–Crippen LogP) is 1.61. The summed E-state index contributed by atoms with van der Waals surface area (Å²) in [6, 6.07) is 2.71. The van der Waals surface area contributed by atoms with Gasteiger partial charge >= 0.3 is 11.9 Å². The van der Waals surface area contributed by atoms with E-state index < -0.39 is 11.9 Å². The maximum Gasteiger partial charge on any atom is 0.336 e. The fourth-order valence-electron chi connectivity index (χ4n) is 2.60. The van der Waals surface area contributed by atoms with Gasteiger partial charge in [0.2, 0.25) is 0 Å². The summed E-state index contributed by atoms with van der Waals surface area (Å²) in [6.07, 6.45) is 2.54. The van der Waals surface area contributed by atoms with Crippen molar-refractivity contribution in [3.8, 4) is 0 Å². The summed E-state index contributed by atoms with van der Waals surface area (Å²) < 4.78 is 21.1. The van der Waals surface area contributed by atoms with Crippen molar-refractivity contribution in [1.82, 2.24) is 0 Å². The predicted molar refractivity (Wildman–Crippen MR) is 104 cm³/mol. The van der Waals surface area contributed by atoms with E-state index in [1.807, 2.05) is 0 Å². The van der Waals surface area contributed by atoms with E-state index in [2.05, 4.69) is 0 Å². The van der Waals surface area contributed by atoms with Gasteiger partial charge in [0.15, 0.2) is 0 Å². The molecule has 10 heteroatoms. The Labute approximate surface area is 174 Å². The van der Waals surface area contributed by atoms with E-state index in [0.29, 0.717) is 44.5 Å². The minimum absolute atomic E-state index is 0.0268. The number of aromatic carboxylic acids is 2. The third-order valence-electron chi connectivity index (χ3n) is 4.07. The van der Waals surface area contributed by atoms with Crippen LogP contribution >= 0.6 is 0 Å². The van der Waals surface area contributed by atoms with E-state index in [9.17, 15) is 19.8 Å².